The van der Waals surface area contributed by atoms with Gasteiger partial charge in [-0.1, -0.05) is 0 Å². The van der Waals surface area contributed by atoms with Gasteiger partial charge in [-0.2, -0.15) is 12.6 Å². The second kappa shape index (κ2) is 2.27. The highest BCUT2D eigenvalue weighted by molar-refractivity contribution is 7.82. The van der Waals surface area contributed by atoms with Crippen molar-refractivity contribution in [2.45, 2.75) is 11.7 Å². The van der Waals surface area contributed by atoms with Crippen LogP contribution in [-0.4, -0.2) is 21.7 Å². The van der Waals surface area contributed by atoms with Crippen molar-refractivity contribution in [3.63, 3.8) is 0 Å². The zero-order chi connectivity index (χ0) is 7.02. The third-order valence-corrected chi connectivity index (χ3v) is 2.11. The summed E-state index contributed by atoms with van der Waals surface area (Å²) in [4.78, 5) is 21.4. The van der Waals surface area contributed by atoms with Gasteiger partial charge in [0.1, 0.15) is 0 Å². The minimum atomic E-state index is -0.421. The first kappa shape index (κ1) is 7.03. The molecule has 2 unspecified atom stereocenters. The molecule has 0 spiro atoms. The van der Waals surface area contributed by atoms with Crippen LogP contribution >= 0.6 is 22.0 Å². The maximum Gasteiger partial charge on any atom is 0.245 e. The fourth-order valence-corrected chi connectivity index (χ4v) is 1.33. The lowest BCUT2D eigenvalue weighted by Crippen LogP contribution is -2.19. The van der Waals surface area contributed by atoms with Gasteiger partial charge in [0.2, 0.25) is 11.8 Å². The first-order valence-corrected chi connectivity index (χ1v) is 3.46. The monoisotopic (exact) mass is 163 g/mol. The zero-order valence-electron chi connectivity index (χ0n) is 4.57. The summed E-state index contributed by atoms with van der Waals surface area (Å²) >= 11 is 3.88. The average Bonchev–Trinajstić information content (AvgIpc) is 1.98. The molecule has 0 aromatic carbocycles. The molecule has 1 fully saturated rings. The predicted octanol–water partition coefficient (Wildman–Crippen LogP) is -0.166. The van der Waals surface area contributed by atoms with Crippen molar-refractivity contribution in [2.75, 3.05) is 0 Å². The van der Waals surface area contributed by atoms with Gasteiger partial charge in [-0.05, 0) is 9.39 Å². The van der Waals surface area contributed by atoms with Crippen LogP contribution in [0.1, 0.15) is 6.42 Å². The molecule has 5 heteroatoms. The van der Waals surface area contributed by atoms with Crippen molar-refractivity contribution < 1.29 is 9.59 Å². The highest BCUT2D eigenvalue weighted by atomic mass is 32.1. The molecule has 2 atom stereocenters. The van der Waals surface area contributed by atoms with Crippen LogP contribution in [0.2, 0.25) is 0 Å². The number of rotatable bonds is 0. The highest BCUT2D eigenvalue weighted by Gasteiger charge is 2.33. The number of amides is 2. The van der Waals surface area contributed by atoms with E-state index in [1.165, 1.54) is 0 Å². The fraction of sp³-hybridized carbons (Fsp3) is 0.500. The molecule has 1 rings (SSSR count). The number of hydrogen-bond donors (Lipinski definition) is 1. The molecule has 0 aromatic heterocycles. The molecule has 0 aromatic rings. The van der Waals surface area contributed by atoms with Crippen molar-refractivity contribution in [3.05, 3.63) is 0 Å². The van der Waals surface area contributed by atoms with Crippen molar-refractivity contribution >= 4 is 33.8 Å². The molecule has 0 N–H and O–H groups in total. The van der Waals surface area contributed by atoms with Crippen molar-refractivity contribution in [1.29, 1.82) is 0 Å². The molecule has 1 aliphatic heterocycles. The van der Waals surface area contributed by atoms with Crippen LogP contribution in [0, 0.1) is 0 Å². The number of imide groups is 1. The zero-order valence-corrected chi connectivity index (χ0v) is 6.62. The van der Waals surface area contributed by atoms with Gasteiger partial charge >= 0.3 is 0 Å². The molecule has 1 saturated heterocycles. The topological polar surface area (TPSA) is 37.4 Å². The highest BCUT2D eigenvalue weighted by Crippen LogP contribution is 2.20. The van der Waals surface area contributed by atoms with E-state index in [1.807, 2.05) is 0 Å². The average molecular weight is 163 g/mol. The largest absolute Gasteiger partial charge is 0.274 e. The van der Waals surface area contributed by atoms with Gasteiger partial charge in [0, 0.05) is 6.42 Å². The minimum absolute atomic E-state index is 0.176. The van der Waals surface area contributed by atoms with E-state index in [4.69, 9.17) is 0 Å². The standard InChI is InChI=1S/C4H6NO2PS/c6-3-1-2(9)4(7)5(3)8/h2,9H,1,8H2. The van der Waals surface area contributed by atoms with E-state index in [0.29, 0.717) is 0 Å². The molecule has 0 saturated carbocycles. The summed E-state index contributed by atoms with van der Waals surface area (Å²) in [6.45, 7) is 0. The summed E-state index contributed by atoms with van der Waals surface area (Å²) in [5, 5.41) is -0.421. The Labute approximate surface area is 60.5 Å². The van der Waals surface area contributed by atoms with E-state index < -0.39 is 5.25 Å². The van der Waals surface area contributed by atoms with Crippen molar-refractivity contribution in [3.8, 4) is 0 Å². The number of carbonyl (C=O) groups excluding carboxylic acids is 2. The summed E-state index contributed by atoms with van der Waals surface area (Å²) < 4.78 is 1.03. The van der Waals surface area contributed by atoms with Crippen LogP contribution in [-0.2, 0) is 9.59 Å². The lowest BCUT2D eigenvalue weighted by atomic mass is 10.4. The molecule has 1 aliphatic rings. The summed E-state index contributed by atoms with van der Waals surface area (Å²) in [6.07, 6.45) is 0.228. The Morgan fingerprint density at radius 1 is 1.67 bits per heavy atom. The summed E-state index contributed by atoms with van der Waals surface area (Å²) in [5.74, 6) is -0.404. The Bertz CT molecular complexity index is 172. The molecule has 3 nitrogen and oxygen atoms in total. The van der Waals surface area contributed by atoms with Crippen LogP contribution in [0.15, 0.2) is 0 Å². The van der Waals surface area contributed by atoms with Crippen molar-refractivity contribution in [2.24, 2.45) is 0 Å². The normalized spacial score (nSPS) is 27.8. The van der Waals surface area contributed by atoms with Gasteiger partial charge in [0.25, 0.3) is 0 Å². The molecule has 0 aliphatic carbocycles. The Kier molecular flexibility index (Phi) is 1.78. The maximum absolute atomic E-state index is 10.7. The smallest absolute Gasteiger partial charge is 0.245 e. The Hall–Kier alpha value is -0.0800. The first-order chi connectivity index (χ1) is 4.13. The van der Waals surface area contributed by atoms with E-state index in [0.717, 1.165) is 4.67 Å². The molecule has 0 bridgehead atoms. The molecule has 9 heavy (non-hydrogen) atoms. The molecular weight excluding hydrogens is 157 g/mol. The first-order valence-electron chi connectivity index (χ1n) is 2.42. The van der Waals surface area contributed by atoms with E-state index >= 15 is 0 Å². The molecule has 0 radical (unpaired) electrons. The lowest BCUT2D eigenvalue weighted by molar-refractivity contribution is -0.131. The van der Waals surface area contributed by atoms with Gasteiger partial charge in [0.15, 0.2) is 0 Å². The lowest BCUT2D eigenvalue weighted by Gasteiger charge is -2.02. The van der Waals surface area contributed by atoms with Crippen LogP contribution in [0.25, 0.3) is 0 Å². The van der Waals surface area contributed by atoms with Crippen molar-refractivity contribution in [1.82, 2.24) is 4.67 Å². The van der Waals surface area contributed by atoms with Gasteiger partial charge in [-0.3, -0.25) is 14.3 Å². The number of hydrogen-bond acceptors (Lipinski definition) is 3. The van der Waals surface area contributed by atoms with Gasteiger partial charge in [-0.25, -0.2) is 0 Å². The van der Waals surface area contributed by atoms with Crippen LogP contribution in [0.5, 0.6) is 0 Å². The third-order valence-electron chi connectivity index (χ3n) is 1.16. The second-order valence-electron chi connectivity index (χ2n) is 1.82. The minimum Gasteiger partial charge on any atom is -0.274 e. The Morgan fingerprint density at radius 3 is 2.33 bits per heavy atom. The fourth-order valence-electron chi connectivity index (χ4n) is 0.635. The summed E-state index contributed by atoms with van der Waals surface area (Å²) in [5.41, 5.74) is 0. The number of thiol groups is 1. The van der Waals surface area contributed by atoms with Crippen LogP contribution < -0.4 is 0 Å². The van der Waals surface area contributed by atoms with E-state index in [1.54, 1.807) is 0 Å². The Morgan fingerprint density at radius 2 is 2.22 bits per heavy atom. The van der Waals surface area contributed by atoms with Gasteiger partial charge in [-0.15, -0.1) is 0 Å². The van der Waals surface area contributed by atoms with E-state index in [9.17, 15) is 9.59 Å². The molecular formula is C4H6NO2PS. The van der Waals surface area contributed by atoms with Gasteiger partial charge < -0.3 is 0 Å². The molecule has 50 valence electrons. The third kappa shape index (κ3) is 1.10. The molecule has 1 heterocycles. The maximum atomic E-state index is 10.7. The number of nitrogens with zero attached hydrogens (tertiary/aromatic N) is 1. The second-order valence-corrected chi connectivity index (χ2v) is 2.96. The van der Waals surface area contributed by atoms with E-state index in [2.05, 4.69) is 22.0 Å². The van der Waals surface area contributed by atoms with Gasteiger partial charge in [0.05, 0.1) is 5.25 Å². The predicted molar refractivity (Wildman–Crippen MR) is 39.0 cm³/mol. The van der Waals surface area contributed by atoms with Crippen LogP contribution in [0.3, 0.4) is 0 Å². The quantitative estimate of drug-likeness (QED) is 0.306. The summed E-state index contributed by atoms with van der Waals surface area (Å²) in [7, 11) is 2.06. The molecule has 2 amide bonds. The SMILES string of the molecule is O=C1CC(S)C(=O)N1P. The number of carbonyl (C=O) groups is 2. The Balaban J connectivity index is 2.77. The van der Waals surface area contributed by atoms with Crippen LogP contribution in [0.4, 0.5) is 0 Å². The van der Waals surface area contributed by atoms with E-state index in [-0.39, 0.29) is 18.2 Å². The summed E-state index contributed by atoms with van der Waals surface area (Å²) in [6, 6.07) is 0.